The Hall–Kier alpha value is -2.11. The lowest BCUT2D eigenvalue weighted by molar-refractivity contribution is -0.137. The van der Waals surface area contributed by atoms with Gasteiger partial charge in [-0.3, -0.25) is 14.4 Å². The van der Waals surface area contributed by atoms with Crippen molar-refractivity contribution in [1.29, 1.82) is 0 Å². The molecule has 0 spiro atoms. The summed E-state index contributed by atoms with van der Waals surface area (Å²) < 4.78 is 1.47. The van der Waals surface area contributed by atoms with Gasteiger partial charge in [-0.2, -0.15) is 0 Å². The minimum absolute atomic E-state index is 0.147. The fourth-order valence-corrected chi connectivity index (χ4v) is 2.28. The van der Waals surface area contributed by atoms with Crippen LogP contribution in [0.15, 0.2) is 23.1 Å². The largest absolute Gasteiger partial charge is 0.481 e. The number of hydrogen-bond donors (Lipinski definition) is 2. The lowest BCUT2D eigenvalue weighted by atomic mass is 10.1. The molecule has 1 heterocycles. The predicted molar refractivity (Wildman–Crippen MR) is 83.9 cm³/mol. The van der Waals surface area contributed by atoms with Crippen molar-refractivity contribution in [3.8, 4) is 0 Å². The summed E-state index contributed by atoms with van der Waals surface area (Å²) in [6.07, 6.45) is 4.43. The van der Waals surface area contributed by atoms with Gasteiger partial charge in [-0.05, 0) is 32.3 Å². The Morgan fingerprint density at radius 1 is 1.32 bits per heavy atom. The van der Waals surface area contributed by atoms with Crippen molar-refractivity contribution >= 4 is 11.9 Å². The third-order valence-electron chi connectivity index (χ3n) is 3.56. The van der Waals surface area contributed by atoms with Gasteiger partial charge in [-0.15, -0.1) is 0 Å². The second kappa shape index (κ2) is 9.02. The van der Waals surface area contributed by atoms with E-state index in [-0.39, 0.29) is 17.9 Å². The maximum atomic E-state index is 12.2. The van der Waals surface area contributed by atoms with Crippen molar-refractivity contribution in [2.75, 3.05) is 6.54 Å². The predicted octanol–water partition coefficient (Wildman–Crippen LogP) is 1.87. The molecule has 0 aliphatic carbocycles. The number of aromatic nitrogens is 1. The van der Waals surface area contributed by atoms with Gasteiger partial charge >= 0.3 is 5.97 Å². The molecule has 2 N–H and O–H groups in total. The molecule has 1 rings (SSSR count). The monoisotopic (exact) mass is 308 g/mol. The highest BCUT2D eigenvalue weighted by Gasteiger charge is 2.19. The summed E-state index contributed by atoms with van der Waals surface area (Å²) in [5.74, 6) is -0.970. The highest BCUT2D eigenvalue weighted by molar-refractivity contribution is 5.80. The number of aryl methyl sites for hydroxylation is 1. The van der Waals surface area contributed by atoms with Crippen LogP contribution in [0.1, 0.15) is 50.6 Å². The normalized spacial score (nSPS) is 11.9. The molecule has 0 aliphatic heterocycles. The van der Waals surface area contributed by atoms with Crippen molar-refractivity contribution in [3.63, 3.8) is 0 Å². The fraction of sp³-hybridized carbons (Fsp3) is 0.562. The second-order valence-electron chi connectivity index (χ2n) is 5.32. The number of carbonyl (C=O) groups excluding carboxylic acids is 1. The summed E-state index contributed by atoms with van der Waals surface area (Å²) in [6.45, 7) is 4.09. The molecule has 122 valence electrons. The molecule has 1 atom stereocenters. The average Bonchev–Trinajstić information content (AvgIpc) is 2.47. The minimum Gasteiger partial charge on any atom is -0.481 e. The van der Waals surface area contributed by atoms with Gasteiger partial charge < -0.3 is 15.0 Å². The summed E-state index contributed by atoms with van der Waals surface area (Å²) >= 11 is 0. The average molecular weight is 308 g/mol. The molecule has 0 saturated carbocycles. The first kappa shape index (κ1) is 17.9. The van der Waals surface area contributed by atoms with Gasteiger partial charge in [0, 0.05) is 24.7 Å². The number of rotatable bonds is 9. The molecule has 0 saturated heterocycles. The van der Waals surface area contributed by atoms with Crippen LogP contribution < -0.4 is 10.9 Å². The van der Waals surface area contributed by atoms with E-state index in [4.69, 9.17) is 5.11 Å². The van der Waals surface area contributed by atoms with Crippen LogP contribution in [-0.4, -0.2) is 28.1 Å². The van der Waals surface area contributed by atoms with Crippen molar-refractivity contribution in [3.05, 3.63) is 34.2 Å². The van der Waals surface area contributed by atoms with Gasteiger partial charge in [0.05, 0.1) is 0 Å². The van der Waals surface area contributed by atoms with E-state index in [9.17, 15) is 14.4 Å². The van der Waals surface area contributed by atoms with Crippen LogP contribution in [0.4, 0.5) is 0 Å². The Balaban J connectivity index is 2.50. The fourth-order valence-electron chi connectivity index (χ4n) is 2.28. The molecular weight excluding hydrogens is 284 g/mol. The molecule has 22 heavy (non-hydrogen) atoms. The maximum absolute atomic E-state index is 12.2. The van der Waals surface area contributed by atoms with Gasteiger partial charge in [0.2, 0.25) is 5.91 Å². The summed E-state index contributed by atoms with van der Waals surface area (Å²) in [4.78, 5) is 34.7. The molecule has 0 fully saturated rings. The number of aliphatic carboxylic acids is 1. The molecule has 0 aliphatic rings. The molecule has 0 radical (unpaired) electrons. The Kier molecular flexibility index (Phi) is 7.36. The SMILES string of the molecule is CCC(C(=O)NCCCCCC(=O)O)n1cccc(C)c1=O. The first-order valence-electron chi connectivity index (χ1n) is 7.64. The standard InChI is InChI=1S/C16H24N2O4/c1-3-13(18-11-7-8-12(2)16(18)22)15(21)17-10-6-4-5-9-14(19)20/h7-8,11,13H,3-6,9-10H2,1-2H3,(H,17,21)(H,19,20). The minimum atomic E-state index is -0.797. The van der Waals surface area contributed by atoms with Crippen LogP contribution in [-0.2, 0) is 9.59 Å². The van der Waals surface area contributed by atoms with E-state index < -0.39 is 12.0 Å². The summed E-state index contributed by atoms with van der Waals surface area (Å²) in [6, 6.07) is 2.98. The van der Waals surface area contributed by atoms with E-state index >= 15 is 0 Å². The smallest absolute Gasteiger partial charge is 0.303 e. The molecule has 6 nitrogen and oxygen atoms in total. The van der Waals surface area contributed by atoms with Gasteiger partial charge in [-0.25, -0.2) is 0 Å². The zero-order valence-corrected chi connectivity index (χ0v) is 13.2. The molecule has 1 amide bonds. The Morgan fingerprint density at radius 2 is 2.05 bits per heavy atom. The van der Waals surface area contributed by atoms with E-state index in [1.165, 1.54) is 4.57 Å². The van der Waals surface area contributed by atoms with Crippen LogP contribution in [0.5, 0.6) is 0 Å². The molecule has 6 heteroatoms. The van der Waals surface area contributed by atoms with Crippen LogP contribution in [0.2, 0.25) is 0 Å². The number of nitrogens with one attached hydrogen (secondary N) is 1. The molecule has 1 aromatic heterocycles. The number of carboxylic acid groups (broad SMARTS) is 1. The van der Waals surface area contributed by atoms with E-state index in [1.54, 1.807) is 25.3 Å². The van der Waals surface area contributed by atoms with E-state index in [1.807, 2.05) is 6.92 Å². The number of pyridine rings is 1. The number of unbranched alkanes of at least 4 members (excludes halogenated alkanes) is 2. The Morgan fingerprint density at radius 3 is 2.68 bits per heavy atom. The van der Waals surface area contributed by atoms with Crippen molar-refractivity contribution in [2.24, 2.45) is 0 Å². The number of hydrogen-bond acceptors (Lipinski definition) is 3. The van der Waals surface area contributed by atoms with Crippen LogP contribution in [0.25, 0.3) is 0 Å². The number of nitrogens with zero attached hydrogens (tertiary/aromatic N) is 1. The summed E-state index contributed by atoms with van der Waals surface area (Å²) in [5, 5.41) is 11.4. The lowest BCUT2D eigenvalue weighted by Gasteiger charge is -2.18. The quantitative estimate of drug-likeness (QED) is 0.682. The number of carbonyl (C=O) groups is 2. The molecular formula is C16H24N2O4. The van der Waals surface area contributed by atoms with E-state index in [0.717, 1.165) is 12.8 Å². The van der Waals surface area contributed by atoms with Crippen LogP contribution in [0.3, 0.4) is 0 Å². The maximum Gasteiger partial charge on any atom is 0.303 e. The molecule has 1 unspecified atom stereocenters. The van der Waals surface area contributed by atoms with Gasteiger partial charge in [0.1, 0.15) is 6.04 Å². The third-order valence-corrected chi connectivity index (χ3v) is 3.56. The highest BCUT2D eigenvalue weighted by atomic mass is 16.4. The van der Waals surface area contributed by atoms with Gasteiger partial charge in [0.15, 0.2) is 0 Å². The zero-order valence-electron chi connectivity index (χ0n) is 13.2. The topological polar surface area (TPSA) is 88.4 Å². The number of carboxylic acids is 1. The first-order valence-corrected chi connectivity index (χ1v) is 7.64. The van der Waals surface area contributed by atoms with Crippen molar-refractivity contribution in [1.82, 2.24) is 9.88 Å². The Bertz CT molecular complexity index is 566. The third kappa shape index (κ3) is 5.35. The highest BCUT2D eigenvalue weighted by Crippen LogP contribution is 2.09. The van der Waals surface area contributed by atoms with Crippen molar-refractivity contribution < 1.29 is 14.7 Å². The molecule has 0 aromatic carbocycles. The summed E-state index contributed by atoms with van der Waals surface area (Å²) in [5.41, 5.74) is 0.466. The second-order valence-corrected chi connectivity index (χ2v) is 5.32. The van der Waals surface area contributed by atoms with Gasteiger partial charge in [-0.1, -0.05) is 19.4 Å². The molecule has 0 bridgehead atoms. The lowest BCUT2D eigenvalue weighted by Crippen LogP contribution is -2.37. The number of amides is 1. The summed E-state index contributed by atoms with van der Waals surface area (Å²) in [7, 11) is 0. The molecule has 1 aromatic rings. The zero-order chi connectivity index (χ0) is 16.5. The van der Waals surface area contributed by atoms with Crippen LogP contribution >= 0.6 is 0 Å². The first-order chi connectivity index (χ1) is 10.5. The van der Waals surface area contributed by atoms with E-state index in [0.29, 0.717) is 24.9 Å². The van der Waals surface area contributed by atoms with Gasteiger partial charge in [0.25, 0.3) is 5.56 Å². The Labute approximate surface area is 130 Å². The van der Waals surface area contributed by atoms with Crippen molar-refractivity contribution in [2.45, 2.75) is 52.0 Å². The van der Waals surface area contributed by atoms with E-state index in [2.05, 4.69) is 5.32 Å². The van der Waals surface area contributed by atoms with Crippen LogP contribution in [0, 0.1) is 6.92 Å².